The third-order valence-electron chi connectivity index (χ3n) is 3.72. The maximum Gasteiger partial charge on any atom is 0.157 e. The Bertz CT molecular complexity index is 627. The third kappa shape index (κ3) is 4.40. The van der Waals surface area contributed by atoms with Crippen molar-refractivity contribution in [3.8, 4) is 5.75 Å². The minimum atomic E-state index is 0.00718. The standard InChI is InChI=1S/C17H22N4O2/c1-2-21-11-15(10-20-21)23-17-13-22-12-16(17)19-9-5-7-14-6-3-4-8-18-14/h3-8,10-11,16-17,19H,2,9,12-13H2,1H3/b7-5+/t16-,17+/m0/s1. The van der Waals surface area contributed by atoms with E-state index in [4.69, 9.17) is 9.47 Å². The number of hydrogen-bond donors (Lipinski definition) is 1. The summed E-state index contributed by atoms with van der Waals surface area (Å²) in [7, 11) is 0. The maximum absolute atomic E-state index is 5.98. The highest BCUT2D eigenvalue weighted by atomic mass is 16.5. The van der Waals surface area contributed by atoms with E-state index in [1.165, 1.54) is 0 Å². The number of nitrogens with one attached hydrogen (secondary N) is 1. The van der Waals surface area contributed by atoms with Crippen molar-refractivity contribution in [2.75, 3.05) is 19.8 Å². The van der Waals surface area contributed by atoms with E-state index in [1.54, 1.807) is 12.4 Å². The average Bonchev–Trinajstić information content (AvgIpc) is 3.22. The largest absolute Gasteiger partial charge is 0.483 e. The second kappa shape index (κ2) is 7.89. The molecule has 1 aliphatic heterocycles. The first-order valence-electron chi connectivity index (χ1n) is 7.93. The summed E-state index contributed by atoms with van der Waals surface area (Å²) in [6.07, 6.45) is 9.53. The van der Waals surface area contributed by atoms with Gasteiger partial charge < -0.3 is 14.8 Å². The van der Waals surface area contributed by atoms with Gasteiger partial charge in [0.2, 0.25) is 0 Å². The summed E-state index contributed by atoms with van der Waals surface area (Å²) in [4.78, 5) is 4.26. The van der Waals surface area contributed by atoms with Gasteiger partial charge in [0.15, 0.2) is 5.75 Å². The Labute approximate surface area is 136 Å². The quantitative estimate of drug-likeness (QED) is 0.843. The Kier molecular flexibility index (Phi) is 5.39. The molecular weight excluding hydrogens is 292 g/mol. The Morgan fingerprint density at radius 3 is 3.17 bits per heavy atom. The molecule has 0 bridgehead atoms. The summed E-state index contributed by atoms with van der Waals surface area (Å²) in [6.45, 7) is 4.89. The van der Waals surface area contributed by atoms with Crippen LogP contribution in [-0.2, 0) is 11.3 Å². The van der Waals surface area contributed by atoms with Crippen LogP contribution < -0.4 is 10.1 Å². The van der Waals surface area contributed by atoms with Gasteiger partial charge in [0.25, 0.3) is 0 Å². The van der Waals surface area contributed by atoms with Crippen LogP contribution in [0.25, 0.3) is 6.08 Å². The van der Waals surface area contributed by atoms with E-state index in [0.717, 1.165) is 24.5 Å². The fourth-order valence-corrected chi connectivity index (χ4v) is 2.47. The highest BCUT2D eigenvalue weighted by molar-refractivity contribution is 5.43. The van der Waals surface area contributed by atoms with Gasteiger partial charge in [0.05, 0.1) is 37.3 Å². The van der Waals surface area contributed by atoms with E-state index < -0.39 is 0 Å². The number of rotatable bonds is 7. The minimum absolute atomic E-state index is 0.00718. The number of aromatic nitrogens is 3. The lowest BCUT2D eigenvalue weighted by Gasteiger charge is -2.18. The van der Waals surface area contributed by atoms with E-state index in [2.05, 4.69) is 21.5 Å². The number of ether oxygens (including phenoxy) is 2. The molecule has 0 radical (unpaired) electrons. The molecule has 6 nitrogen and oxygen atoms in total. The van der Waals surface area contributed by atoms with Gasteiger partial charge >= 0.3 is 0 Å². The van der Waals surface area contributed by atoms with Gasteiger partial charge in [-0.1, -0.05) is 12.1 Å². The van der Waals surface area contributed by atoms with Crippen molar-refractivity contribution in [3.63, 3.8) is 0 Å². The summed E-state index contributed by atoms with van der Waals surface area (Å²) in [5.74, 6) is 0.790. The minimum Gasteiger partial charge on any atom is -0.483 e. The Balaban J connectivity index is 1.48. The Morgan fingerprint density at radius 2 is 2.39 bits per heavy atom. The van der Waals surface area contributed by atoms with Crippen molar-refractivity contribution < 1.29 is 9.47 Å². The summed E-state index contributed by atoms with van der Waals surface area (Å²) in [5, 5.41) is 7.67. The van der Waals surface area contributed by atoms with Crippen LogP contribution in [0, 0.1) is 0 Å². The molecule has 3 heterocycles. The lowest BCUT2D eigenvalue weighted by Crippen LogP contribution is -2.42. The number of hydrogen-bond acceptors (Lipinski definition) is 5. The van der Waals surface area contributed by atoms with Crippen LogP contribution in [0.15, 0.2) is 42.9 Å². The van der Waals surface area contributed by atoms with E-state index >= 15 is 0 Å². The van der Waals surface area contributed by atoms with Crippen LogP contribution in [0.2, 0.25) is 0 Å². The molecule has 2 aromatic rings. The van der Waals surface area contributed by atoms with Crippen molar-refractivity contribution in [3.05, 3.63) is 48.6 Å². The predicted molar refractivity (Wildman–Crippen MR) is 88.2 cm³/mol. The molecule has 1 fully saturated rings. The molecular formula is C17H22N4O2. The highest BCUT2D eigenvalue weighted by Gasteiger charge is 2.29. The average molecular weight is 314 g/mol. The summed E-state index contributed by atoms with van der Waals surface area (Å²) in [6, 6.07) is 6.04. The Hall–Kier alpha value is -2.18. The fraction of sp³-hybridized carbons (Fsp3) is 0.412. The molecule has 0 saturated carbocycles. The highest BCUT2D eigenvalue weighted by Crippen LogP contribution is 2.16. The molecule has 1 aliphatic rings. The first kappa shape index (κ1) is 15.7. The first-order valence-corrected chi connectivity index (χ1v) is 7.93. The van der Waals surface area contributed by atoms with Crippen LogP contribution in [0.1, 0.15) is 12.6 Å². The number of pyridine rings is 1. The summed E-state index contributed by atoms with van der Waals surface area (Å²) >= 11 is 0. The molecule has 0 aliphatic carbocycles. The van der Waals surface area contributed by atoms with Gasteiger partial charge in [0.1, 0.15) is 6.10 Å². The van der Waals surface area contributed by atoms with Gasteiger partial charge in [-0.25, -0.2) is 0 Å². The molecule has 0 unspecified atom stereocenters. The van der Waals surface area contributed by atoms with Crippen molar-refractivity contribution in [2.45, 2.75) is 25.6 Å². The normalized spacial score (nSPS) is 21.1. The van der Waals surface area contributed by atoms with Gasteiger partial charge in [-0.15, -0.1) is 0 Å². The maximum atomic E-state index is 5.98. The summed E-state index contributed by atoms with van der Waals surface area (Å²) < 4.78 is 13.4. The molecule has 23 heavy (non-hydrogen) atoms. The van der Waals surface area contributed by atoms with Crippen molar-refractivity contribution in [1.29, 1.82) is 0 Å². The second-order valence-corrected chi connectivity index (χ2v) is 5.40. The lowest BCUT2D eigenvalue weighted by atomic mass is 10.2. The zero-order chi connectivity index (χ0) is 15.9. The van der Waals surface area contributed by atoms with Crippen molar-refractivity contribution in [2.24, 2.45) is 0 Å². The topological polar surface area (TPSA) is 61.2 Å². The van der Waals surface area contributed by atoms with Crippen LogP contribution in [0.3, 0.4) is 0 Å². The van der Waals surface area contributed by atoms with Gasteiger partial charge in [0, 0.05) is 19.3 Å². The number of aryl methyl sites for hydroxylation is 1. The van der Waals surface area contributed by atoms with Crippen LogP contribution >= 0.6 is 0 Å². The lowest BCUT2D eigenvalue weighted by molar-refractivity contribution is 0.139. The first-order chi connectivity index (χ1) is 11.3. The molecule has 0 amide bonds. The molecule has 0 aromatic carbocycles. The van der Waals surface area contributed by atoms with Gasteiger partial charge in [-0.2, -0.15) is 5.10 Å². The fourth-order valence-electron chi connectivity index (χ4n) is 2.47. The SMILES string of the molecule is CCn1cc(O[C@@H]2COC[C@@H]2NC/C=C/c2ccccn2)cn1. The smallest absolute Gasteiger partial charge is 0.157 e. The van der Waals surface area contributed by atoms with Crippen LogP contribution in [0.4, 0.5) is 0 Å². The number of nitrogens with zero attached hydrogens (tertiary/aromatic N) is 3. The van der Waals surface area contributed by atoms with E-state index in [1.807, 2.05) is 42.1 Å². The van der Waals surface area contributed by atoms with Crippen molar-refractivity contribution >= 4 is 6.08 Å². The van der Waals surface area contributed by atoms with Crippen LogP contribution in [0.5, 0.6) is 5.75 Å². The molecule has 3 rings (SSSR count). The predicted octanol–water partition coefficient (Wildman–Crippen LogP) is 1.75. The second-order valence-electron chi connectivity index (χ2n) is 5.40. The van der Waals surface area contributed by atoms with E-state index in [0.29, 0.717) is 13.2 Å². The van der Waals surface area contributed by atoms with E-state index in [-0.39, 0.29) is 12.1 Å². The zero-order valence-electron chi connectivity index (χ0n) is 13.3. The van der Waals surface area contributed by atoms with Crippen molar-refractivity contribution in [1.82, 2.24) is 20.1 Å². The molecule has 2 aromatic heterocycles. The molecule has 6 heteroatoms. The molecule has 2 atom stereocenters. The van der Waals surface area contributed by atoms with Crippen LogP contribution in [-0.4, -0.2) is 46.7 Å². The molecule has 1 N–H and O–H groups in total. The Morgan fingerprint density at radius 1 is 1.43 bits per heavy atom. The molecule has 122 valence electrons. The van der Waals surface area contributed by atoms with Gasteiger partial charge in [-0.05, 0) is 25.1 Å². The summed E-state index contributed by atoms with van der Waals surface area (Å²) in [5.41, 5.74) is 0.955. The zero-order valence-corrected chi connectivity index (χ0v) is 13.3. The third-order valence-corrected chi connectivity index (χ3v) is 3.72. The molecule has 1 saturated heterocycles. The molecule has 0 spiro atoms. The van der Waals surface area contributed by atoms with Gasteiger partial charge in [-0.3, -0.25) is 9.67 Å². The van der Waals surface area contributed by atoms with E-state index in [9.17, 15) is 0 Å². The monoisotopic (exact) mass is 314 g/mol.